The number of aromatic nitrogens is 1. The van der Waals surface area contributed by atoms with Crippen LogP contribution in [0.25, 0.3) is 0 Å². The van der Waals surface area contributed by atoms with E-state index in [-0.39, 0.29) is 11.8 Å². The van der Waals surface area contributed by atoms with Crippen LogP contribution in [0.1, 0.15) is 36.4 Å². The fourth-order valence-electron chi connectivity index (χ4n) is 3.70. The number of carbonyl (C=O) groups excluding carboxylic acids is 2. The molecule has 1 N–H and O–H groups in total. The number of hydrogen-bond donors (Lipinski definition) is 1. The number of hydrogen-bond acceptors (Lipinski definition) is 4. The number of amides is 2. The van der Waals surface area contributed by atoms with Crippen molar-refractivity contribution >= 4 is 29.3 Å². The van der Waals surface area contributed by atoms with Crippen molar-refractivity contribution in [1.29, 1.82) is 0 Å². The maximum absolute atomic E-state index is 13.2. The molecular weight excluding hydrogens is 406 g/mol. The van der Waals surface area contributed by atoms with Gasteiger partial charge in [0.05, 0.1) is 0 Å². The van der Waals surface area contributed by atoms with Crippen molar-refractivity contribution in [2.24, 2.45) is 0 Å². The summed E-state index contributed by atoms with van der Waals surface area (Å²) < 4.78 is 0. The number of likely N-dealkylation sites (tertiary alicyclic amines) is 1. The van der Waals surface area contributed by atoms with E-state index in [0.717, 1.165) is 34.7 Å². The normalized spacial score (nSPS) is 14.8. The zero-order chi connectivity index (χ0) is 21.5. The van der Waals surface area contributed by atoms with Gasteiger partial charge in [0.2, 0.25) is 5.91 Å². The van der Waals surface area contributed by atoms with Crippen LogP contribution in [0, 0.1) is 0 Å². The second-order valence-corrected chi connectivity index (χ2v) is 8.57. The Bertz CT molecular complexity index is 1010. The van der Waals surface area contributed by atoms with Gasteiger partial charge in [0.1, 0.15) is 6.04 Å². The molecule has 0 radical (unpaired) electrons. The van der Waals surface area contributed by atoms with Gasteiger partial charge in [0, 0.05) is 41.7 Å². The number of anilines is 1. The molecular formula is C25H25N3O2S. The number of carbonyl (C=O) groups is 2. The second kappa shape index (κ2) is 10.3. The first-order valence-electron chi connectivity index (χ1n) is 10.5. The topological polar surface area (TPSA) is 62.3 Å². The molecule has 0 aliphatic carbocycles. The summed E-state index contributed by atoms with van der Waals surface area (Å²) in [5, 5.41) is 3.01. The first-order valence-corrected chi connectivity index (χ1v) is 11.5. The number of pyridine rings is 1. The quantitative estimate of drug-likeness (QED) is 0.531. The lowest BCUT2D eigenvalue weighted by molar-refractivity contribution is -0.141. The zero-order valence-electron chi connectivity index (χ0n) is 17.2. The van der Waals surface area contributed by atoms with Crippen LogP contribution < -0.4 is 5.32 Å². The average Bonchev–Trinajstić information content (AvgIpc) is 2.81. The molecule has 31 heavy (non-hydrogen) atoms. The van der Waals surface area contributed by atoms with E-state index < -0.39 is 6.04 Å². The Balaban J connectivity index is 1.45. The lowest BCUT2D eigenvalue weighted by Gasteiger charge is -2.34. The molecule has 1 unspecified atom stereocenters. The Morgan fingerprint density at radius 3 is 2.55 bits per heavy atom. The van der Waals surface area contributed by atoms with E-state index in [9.17, 15) is 9.59 Å². The van der Waals surface area contributed by atoms with Crippen LogP contribution in [0.2, 0.25) is 0 Å². The van der Waals surface area contributed by atoms with E-state index in [1.807, 2.05) is 66.9 Å². The van der Waals surface area contributed by atoms with Gasteiger partial charge in [0.25, 0.3) is 5.91 Å². The number of piperidine rings is 1. The van der Waals surface area contributed by atoms with Gasteiger partial charge in [0.15, 0.2) is 0 Å². The van der Waals surface area contributed by atoms with Crippen LogP contribution in [0.3, 0.4) is 0 Å². The van der Waals surface area contributed by atoms with Crippen molar-refractivity contribution in [2.75, 3.05) is 11.9 Å². The fraction of sp³-hybridized carbons (Fsp3) is 0.240. The Morgan fingerprint density at radius 2 is 1.84 bits per heavy atom. The molecule has 3 aromatic rings. The highest BCUT2D eigenvalue weighted by Crippen LogP contribution is 2.28. The first-order chi connectivity index (χ1) is 15.2. The largest absolute Gasteiger partial charge is 0.327 e. The number of nitrogens with one attached hydrogen (secondary N) is 1. The van der Waals surface area contributed by atoms with E-state index in [4.69, 9.17) is 0 Å². The summed E-state index contributed by atoms with van der Waals surface area (Å²) in [4.78, 5) is 32.7. The van der Waals surface area contributed by atoms with Crippen LogP contribution in [0.4, 0.5) is 5.69 Å². The molecule has 1 aliphatic rings. The summed E-state index contributed by atoms with van der Waals surface area (Å²) >= 11 is 1.72. The predicted octanol–water partition coefficient (Wildman–Crippen LogP) is 5.07. The minimum absolute atomic E-state index is 0.0393. The van der Waals surface area contributed by atoms with Crippen LogP contribution >= 0.6 is 11.8 Å². The molecule has 4 rings (SSSR count). The molecule has 1 aliphatic heterocycles. The molecule has 1 aromatic heterocycles. The Morgan fingerprint density at radius 1 is 1.03 bits per heavy atom. The Hall–Kier alpha value is -3.12. The monoisotopic (exact) mass is 431 g/mol. The summed E-state index contributed by atoms with van der Waals surface area (Å²) in [5.74, 6) is 0.696. The molecule has 0 spiro atoms. The van der Waals surface area contributed by atoms with E-state index >= 15 is 0 Å². The summed E-state index contributed by atoms with van der Waals surface area (Å²) in [6.45, 7) is 0.607. The van der Waals surface area contributed by atoms with Gasteiger partial charge in [-0.05, 0) is 54.3 Å². The van der Waals surface area contributed by atoms with Crippen molar-refractivity contribution in [3.05, 3.63) is 90.3 Å². The van der Waals surface area contributed by atoms with Crippen molar-refractivity contribution < 1.29 is 9.59 Å². The van der Waals surface area contributed by atoms with Gasteiger partial charge in [-0.25, -0.2) is 0 Å². The molecule has 5 nitrogen and oxygen atoms in total. The third-order valence-electron chi connectivity index (χ3n) is 5.29. The number of nitrogens with zero attached hydrogens (tertiary/aromatic N) is 2. The summed E-state index contributed by atoms with van der Waals surface area (Å²) in [6.07, 6.45) is 5.94. The lowest BCUT2D eigenvalue weighted by atomic mass is 10.0. The Labute approximate surface area is 186 Å². The third kappa shape index (κ3) is 5.52. The third-order valence-corrected chi connectivity index (χ3v) is 6.37. The minimum atomic E-state index is -0.617. The molecule has 0 saturated carbocycles. The maximum atomic E-state index is 13.2. The van der Waals surface area contributed by atoms with Gasteiger partial charge in [-0.3, -0.25) is 14.6 Å². The van der Waals surface area contributed by atoms with Crippen LogP contribution in [-0.4, -0.2) is 28.2 Å². The minimum Gasteiger partial charge on any atom is -0.327 e. The van der Waals surface area contributed by atoms with E-state index in [1.54, 1.807) is 22.9 Å². The molecule has 158 valence electrons. The highest BCUT2D eigenvalue weighted by molar-refractivity contribution is 7.98. The highest BCUT2D eigenvalue weighted by Gasteiger charge is 2.32. The van der Waals surface area contributed by atoms with Crippen molar-refractivity contribution in [2.45, 2.75) is 36.0 Å². The predicted molar refractivity (Wildman–Crippen MR) is 124 cm³/mol. The van der Waals surface area contributed by atoms with Crippen LogP contribution in [-0.2, 0) is 15.3 Å². The average molecular weight is 432 g/mol. The molecule has 1 saturated heterocycles. The summed E-state index contributed by atoms with van der Waals surface area (Å²) in [5.41, 5.74) is 2.72. The van der Waals surface area contributed by atoms with Crippen molar-refractivity contribution in [3.63, 3.8) is 0 Å². The van der Waals surface area contributed by atoms with Crippen molar-refractivity contribution in [1.82, 2.24) is 9.88 Å². The van der Waals surface area contributed by atoms with Gasteiger partial charge in [-0.1, -0.05) is 36.4 Å². The van der Waals surface area contributed by atoms with Gasteiger partial charge in [-0.15, -0.1) is 11.8 Å². The SMILES string of the molecule is O=C(Nc1ccc(SCc2cccnc2)cc1)C(c1ccccc1)N1CCCCC1=O. The zero-order valence-corrected chi connectivity index (χ0v) is 18.1. The standard InChI is InChI=1S/C25H25N3O2S/c29-23-10-4-5-16-28(23)24(20-8-2-1-3-9-20)25(30)27-21-11-13-22(14-12-21)31-18-19-7-6-15-26-17-19/h1-3,6-9,11-15,17,24H,4-5,10,16,18H2,(H,27,30). The van der Waals surface area contributed by atoms with Crippen LogP contribution in [0.5, 0.6) is 0 Å². The molecule has 0 bridgehead atoms. The van der Waals surface area contributed by atoms with Crippen LogP contribution in [0.15, 0.2) is 84.0 Å². The van der Waals surface area contributed by atoms with E-state index in [2.05, 4.69) is 16.4 Å². The lowest BCUT2D eigenvalue weighted by Crippen LogP contribution is -2.43. The molecule has 2 amide bonds. The second-order valence-electron chi connectivity index (χ2n) is 7.52. The first kappa shape index (κ1) is 21.1. The highest BCUT2D eigenvalue weighted by atomic mass is 32.2. The summed E-state index contributed by atoms with van der Waals surface area (Å²) in [6, 6.07) is 20.7. The maximum Gasteiger partial charge on any atom is 0.251 e. The molecule has 6 heteroatoms. The van der Waals surface area contributed by atoms with E-state index in [1.165, 1.54) is 5.56 Å². The number of rotatable bonds is 7. The smallest absolute Gasteiger partial charge is 0.251 e. The summed E-state index contributed by atoms with van der Waals surface area (Å²) in [7, 11) is 0. The van der Waals surface area contributed by atoms with E-state index in [0.29, 0.717) is 13.0 Å². The molecule has 2 heterocycles. The van der Waals surface area contributed by atoms with Gasteiger partial charge >= 0.3 is 0 Å². The van der Waals surface area contributed by atoms with Gasteiger partial charge in [-0.2, -0.15) is 0 Å². The Kier molecular flexibility index (Phi) is 6.99. The number of benzene rings is 2. The molecule has 1 fully saturated rings. The molecule has 2 aromatic carbocycles. The number of thioether (sulfide) groups is 1. The van der Waals surface area contributed by atoms with Crippen molar-refractivity contribution in [3.8, 4) is 0 Å². The molecule has 1 atom stereocenters. The fourth-order valence-corrected chi connectivity index (χ4v) is 4.54. The van der Waals surface area contributed by atoms with Gasteiger partial charge < -0.3 is 10.2 Å².